The van der Waals surface area contributed by atoms with Gasteiger partial charge in [0.15, 0.2) is 5.82 Å². The molecule has 5 heteroatoms. The number of hydrogen-bond acceptors (Lipinski definition) is 4. The third kappa shape index (κ3) is 3.40. The van der Waals surface area contributed by atoms with Gasteiger partial charge in [0.25, 0.3) is 0 Å². The zero-order valence-electron chi connectivity index (χ0n) is 15.7. The first-order valence-electron chi connectivity index (χ1n) is 9.50. The van der Waals surface area contributed by atoms with Crippen LogP contribution in [0.25, 0.3) is 0 Å². The van der Waals surface area contributed by atoms with Crippen molar-refractivity contribution in [3.05, 3.63) is 83.4 Å². The molecule has 1 aromatic heterocycles. The molecule has 4 rings (SSSR count). The van der Waals surface area contributed by atoms with Gasteiger partial charge in [-0.05, 0) is 37.3 Å². The first-order chi connectivity index (χ1) is 13.0. The third-order valence-corrected chi connectivity index (χ3v) is 5.41. The van der Waals surface area contributed by atoms with Gasteiger partial charge in [-0.3, -0.25) is 0 Å². The van der Waals surface area contributed by atoms with E-state index in [-0.39, 0.29) is 12.0 Å². The van der Waals surface area contributed by atoms with Crippen molar-refractivity contribution in [1.29, 1.82) is 0 Å². The number of aliphatic hydroxyl groups is 1. The van der Waals surface area contributed by atoms with Crippen LogP contribution in [0.2, 0.25) is 0 Å². The molecule has 0 amide bonds. The maximum absolute atomic E-state index is 9.51. The van der Waals surface area contributed by atoms with Crippen molar-refractivity contribution in [3.8, 4) is 0 Å². The Labute approximate surface area is 159 Å². The molecule has 1 fully saturated rings. The van der Waals surface area contributed by atoms with Crippen LogP contribution in [0.1, 0.15) is 42.5 Å². The molecule has 0 radical (unpaired) electrons. The Bertz CT molecular complexity index is 899. The summed E-state index contributed by atoms with van der Waals surface area (Å²) in [4.78, 5) is 4.92. The maximum Gasteiger partial charge on any atom is 0.161 e. The smallest absolute Gasteiger partial charge is 0.161 e. The highest BCUT2D eigenvalue weighted by molar-refractivity contribution is 5.39. The summed E-state index contributed by atoms with van der Waals surface area (Å²) in [7, 11) is 0. The topological polar surface area (TPSA) is 77.0 Å². The van der Waals surface area contributed by atoms with E-state index in [4.69, 9.17) is 15.8 Å². The highest BCUT2D eigenvalue weighted by Crippen LogP contribution is 2.52. The normalized spacial score (nSPS) is 17.4. The Hall–Kier alpha value is -2.50. The average molecular weight is 362 g/mol. The minimum absolute atomic E-state index is 0.00948. The molecule has 0 bridgehead atoms. The lowest BCUT2D eigenvalue weighted by atomic mass is 9.92. The molecule has 2 aromatic carbocycles. The van der Waals surface area contributed by atoms with E-state index in [0.717, 1.165) is 30.1 Å². The first kappa shape index (κ1) is 17.9. The Morgan fingerprint density at radius 1 is 1.07 bits per heavy atom. The van der Waals surface area contributed by atoms with E-state index in [1.807, 2.05) is 31.2 Å². The minimum Gasteiger partial charge on any atom is -0.394 e. The Kier molecular flexibility index (Phi) is 4.58. The van der Waals surface area contributed by atoms with Crippen molar-refractivity contribution in [2.45, 2.75) is 43.7 Å². The van der Waals surface area contributed by atoms with Gasteiger partial charge < -0.3 is 10.8 Å². The van der Waals surface area contributed by atoms with E-state index in [1.54, 1.807) is 4.68 Å². The van der Waals surface area contributed by atoms with Gasteiger partial charge in [-0.15, -0.1) is 0 Å². The predicted molar refractivity (Wildman–Crippen MR) is 105 cm³/mol. The summed E-state index contributed by atoms with van der Waals surface area (Å²) in [5.74, 6) is 1.56. The Morgan fingerprint density at radius 2 is 1.70 bits per heavy atom. The van der Waals surface area contributed by atoms with Crippen LogP contribution in [0.3, 0.4) is 0 Å². The Balaban J connectivity index is 1.71. The number of nitrogens with two attached hydrogens (primary N) is 1. The van der Waals surface area contributed by atoms with Gasteiger partial charge in [0, 0.05) is 0 Å². The van der Waals surface area contributed by atoms with Crippen LogP contribution in [0.4, 0.5) is 0 Å². The molecule has 1 atom stereocenters. The fourth-order valence-electron chi connectivity index (χ4n) is 3.84. The lowest BCUT2D eigenvalue weighted by molar-refractivity contribution is 0.260. The number of hydrogen-bond donors (Lipinski definition) is 2. The maximum atomic E-state index is 9.51. The van der Waals surface area contributed by atoms with E-state index in [2.05, 4.69) is 36.4 Å². The lowest BCUT2D eigenvalue weighted by Gasteiger charge is -2.24. The van der Waals surface area contributed by atoms with Crippen LogP contribution in [-0.4, -0.2) is 26.5 Å². The van der Waals surface area contributed by atoms with Gasteiger partial charge in [-0.25, -0.2) is 9.67 Å². The number of benzene rings is 2. The van der Waals surface area contributed by atoms with E-state index < -0.39 is 5.54 Å². The van der Waals surface area contributed by atoms with Gasteiger partial charge in [0.05, 0.1) is 24.1 Å². The molecule has 0 spiro atoms. The van der Waals surface area contributed by atoms with Crippen LogP contribution in [0.15, 0.2) is 60.7 Å². The molecule has 140 valence electrons. The van der Waals surface area contributed by atoms with Crippen molar-refractivity contribution >= 4 is 0 Å². The molecule has 1 saturated carbocycles. The molecule has 1 aliphatic rings. The third-order valence-electron chi connectivity index (χ3n) is 5.41. The molecule has 0 saturated heterocycles. The quantitative estimate of drug-likeness (QED) is 0.677. The minimum atomic E-state index is -0.672. The van der Waals surface area contributed by atoms with Gasteiger partial charge in [0.2, 0.25) is 0 Å². The summed E-state index contributed by atoms with van der Waals surface area (Å²) >= 11 is 0. The van der Waals surface area contributed by atoms with Crippen LogP contribution in [0, 0.1) is 0 Å². The van der Waals surface area contributed by atoms with E-state index in [1.165, 1.54) is 5.56 Å². The van der Waals surface area contributed by atoms with Crippen LogP contribution >= 0.6 is 0 Å². The van der Waals surface area contributed by atoms with Gasteiger partial charge in [-0.1, -0.05) is 60.7 Å². The summed E-state index contributed by atoms with van der Waals surface area (Å²) in [6.45, 7) is 2.40. The molecule has 27 heavy (non-hydrogen) atoms. The molecule has 0 aliphatic heterocycles. The molecular weight excluding hydrogens is 336 g/mol. The molecule has 3 aromatic rings. The summed E-state index contributed by atoms with van der Waals surface area (Å²) in [5, 5.41) is 14.3. The fourth-order valence-corrected chi connectivity index (χ4v) is 3.84. The van der Waals surface area contributed by atoms with Crippen molar-refractivity contribution in [1.82, 2.24) is 14.8 Å². The van der Waals surface area contributed by atoms with Gasteiger partial charge in [-0.2, -0.15) is 5.10 Å². The molecule has 1 heterocycles. The summed E-state index contributed by atoms with van der Waals surface area (Å²) in [6.07, 6.45) is 2.74. The number of aromatic nitrogens is 3. The summed E-state index contributed by atoms with van der Waals surface area (Å²) in [5.41, 5.74) is 8.34. The fraction of sp³-hybridized carbons (Fsp3) is 0.364. The second kappa shape index (κ2) is 6.91. The SMILES string of the molecule is CC(N)(Cc1ccccc1)c1nc(C2(c3ccccc3)CC2)nn1CCO. The van der Waals surface area contributed by atoms with Crippen molar-refractivity contribution in [2.75, 3.05) is 6.61 Å². The van der Waals surface area contributed by atoms with Crippen LogP contribution in [0.5, 0.6) is 0 Å². The summed E-state index contributed by atoms with van der Waals surface area (Å²) < 4.78 is 1.79. The van der Waals surface area contributed by atoms with E-state index in [9.17, 15) is 5.11 Å². The molecule has 1 unspecified atom stereocenters. The number of rotatable bonds is 7. The second-order valence-corrected chi connectivity index (χ2v) is 7.73. The summed E-state index contributed by atoms with van der Waals surface area (Å²) in [6, 6.07) is 20.6. The standard InChI is InChI=1S/C22H26N4O/c1-21(23,16-17-8-4-2-5-9-17)20-24-19(25-26(20)14-15-27)22(12-13-22)18-10-6-3-7-11-18/h2-11,27H,12-16,23H2,1H3. The molecular formula is C22H26N4O. The number of aliphatic hydroxyl groups excluding tert-OH is 1. The van der Waals surface area contributed by atoms with Gasteiger partial charge in [0.1, 0.15) is 5.82 Å². The van der Waals surface area contributed by atoms with E-state index in [0.29, 0.717) is 13.0 Å². The lowest BCUT2D eigenvalue weighted by Crippen LogP contribution is -2.39. The first-order valence-corrected chi connectivity index (χ1v) is 9.50. The zero-order chi connectivity index (χ0) is 18.9. The molecule has 5 nitrogen and oxygen atoms in total. The van der Waals surface area contributed by atoms with E-state index >= 15 is 0 Å². The Morgan fingerprint density at radius 3 is 2.30 bits per heavy atom. The monoisotopic (exact) mass is 362 g/mol. The zero-order valence-corrected chi connectivity index (χ0v) is 15.7. The second-order valence-electron chi connectivity index (χ2n) is 7.73. The van der Waals surface area contributed by atoms with Crippen LogP contribution in [-0.2, 0) is 23.9 Å². The van der Waals surface area contributed by atoms with Crippen molar-refractivity contribution < 1.29 is 5.11 Å². The molecule has 1 aliphatic carbocycles. The highest BCUT2D eigenvalue weighted by atomic mass is 16.3. The van der Waals surface area contributed by atoms with Crippen LogP contribution < -0.4 is 5.73 Å². The van der Waals surface area contributed by atoms with Crippen molar-refractivity contribution in [3.63, 3.8) is 0 Å². The largest absolute Gasteiger partial charge is 0.394 e. The number of nitrogens with zero attached hydrogens (tertiary/aromatic N) is 3. The predicted octanol–water partition coefficient (Wildman–Crippen LogP) is 2.77. The molecule has 3 N–H and O–H groups in total. The van der Waals surface area contributed by atoms with Gasteiger partial charge >= 0.3 is 0 Å². The highest BCUT2D eigenvalue weighted by Gasteiger charge is 2.50. The average Bonchev–Trinajstić information content (AvgIpc) is 3.37. The van der Waals surface area contributed by atoms with Crippen molar-refractivity contribution in [2.24, 2.45) is 5.73 Å².